The number of carbonyl (C=O) groups excluding carboxylic acids is 1. The van der Waals surface area contributed by atoms with Gasteiger partial charge in [0.05, 0.1) is 18.5 Å². The number of nitrogens with one attached hydrogen (secondary N) is 1. The Bertz CT molecular complexity index is 1000. The van der Waals surface area contributed by atoms with Gasteiger partial charge >= 0.3 is 0 Å². The summed E-state index contributed by atoms with van der Waals surface area (Å²) in [6, 6.07) is 7.32. The van der Waals surface area contributed by atoms with Crippen LogP contribution in [-0.4, -0.2) is 44.0 Å². The first-order valence-corrected chi connectivity index (χ1v) is 8.45. The molecule has 0 bridgehead atoms. The van der Waals surface area contributed by atoms with Gasteiger partial charge in [0.15, 0.2) is 5.69 Å². The van der Waals surface area contributed by atoms with Gasteiger partial charge in [-0.05, 0) is 53.0 Å². The van der Waals surface area contributed by atoms with E-state index < -0.39 is 5.91 Å². The number of aromatic nitrogens is 5. The third-order valence-corrected chi connectivity index (χ3v) is 4.00. The molecule has 0 unspecified atom stereocenters. The molecule has 2 heterocycles. The number of amides is 1. The molecule has 0 aliphatic rings. The Hall–Kier alpha value is -3.76. The van der Waals surface area contributed by atoms with Crippen LogP contribution in [0.25, 0.3) is 5.82 Å². The number of nitrogen functional groups attached to an aromatic ring is 1. The molecule has 3 N–H and O–H groups in total. The Morgan fingerprint density at radius 3 is 2.57 bits per heavy atom. The number of anilines is 1. The van der Waals surface area contributed by atoms with Crippen molar-refractivity contribution in [3.05, 3.63) is 41.2 Å². The minimum absolute atomic E-state index is 0.0483. The second-order valence-electron chi connectivity index (χ2n) is 6.23. The highest BCUT2D eigenvalue weighted by Crippen LogP contribution is 2.22. The predicted octanol–water partition coefficient (Wildman–Crippen LogP) is 1.52. The molecule has 1 aromatic carbocycles. The van der Waals surface area contributed by atoms with Crippen LogP contribution < -0.4 is 15.9 Å². The number of benzene rings is 1. The van der Waals surface area contributed by atoms with Gasteiger partial charge in [0, 0.05) is 0 Å². The Morgan fingerprint density at radius 1 is 1.29 bits per heavy atom. The van der Waals surface area contributed by atoms with Gasteiger partial charge < -0.3 is 10.5 Å². The Kier molecular flexibility index (Phi) is 5.34. The topological polar surface area (TPSA) is 146 Å². The van der Waals surface area contributed by atoms with E-state index in [0.29, 0.717) is 11.4 Å². The lowest BCUT2D eigenvalue weighted by atomic mass is 10.1. The lowest BCUT2D eigenvalue weighted by Gasteiger charge is -2.08. The van der Waals surface area contributed by atoms with E-state index in [1.165, 1.54) is 4.68 Å². The van der Waals surface area contributed by atoms with Gasteiger partial charge in [-0.25, -0.2) is 10.1 Å². The van der Waals surface area contributed by atoms with Crippen molar-refractivity contribution in [2.45, 2.75) is 26.7 Å². The van der Waals surface area contributed by atoms with E-state index in [4.69, 9.17) is 10.5 Å². The number of hydrazone groups is 1. The zero-order valence-electron chi connectivity index (χ0n) is 15.9. The zero-order valence-corrected chi connectivity index (χ0v) is 15.9. The van der Waals surface area contributed by atoms with E-state index >= 15 is 0 Å². The summed E-state index contributed by atoms with van der Waals surface area (Å²) in [4.78, 5) is 12.6. The Balaban J connectivity index is 1.84. The highest BCUT2D eigenvalue weighted by molar-refractivity contribution is 6.00. The third-order valence-electron chi connectivity index (χ3n) is 4.00. The molecule has 0 aliphatic carbocycles. The van der Waals surface area contributed by atoms with Crippen molar-refractivity contribution in [1.29, 1.82) is 0 Å². The summed E-state index contributed by atoms with van der Waals surface area (Å²) in [5.74, 6) is 0.358. The molecule has 1 amide bonds. The normalized spacial score (nSPS) is 11.7. The fourth-order valence-electron chi connectivity index (χ4n) is 2.55. The second kappa shape index (κ2) is 7.86. The lowest BCUT2D eigenvalue weighted by Crippen LogP contribution is -2.22. The van der Waals surface area contributed by atoms with E-state index in [1.807, 2.05) is 38.1 Å². The fraction of sp³-hybridized carbons (Fsp3) is 0.294. The highest BCUT2D eigenvalue weighted by Gasteiger charge is 2.25. The van der Waals surface area contributed by atoms with Crippen LogP contribution in [-0.2, 0) is 0 Å². The maximum absolute atomic E-state index is 12.6. The largest absolute Gasteiger partial charge is 0.497 e. The van der Waals surface area contributed by atoms with Crippen molar-refractivity contribution < 1.29 is 14.2 Å². The number of ether oxygens (including phenoxy) is 1. The van der Waals surface area contributed by atoms with E-state index in [2.05, 4.69) is 35.8 Å². The molecule has 0 spiro atoms. The van der Waals surface area contributed by atoms with Crippen molar-refractivity contribution in [1.82, 2.24) is 30.7 Å². The molecule has 2 aromatic heterocycles. The molecule has 11 nitrogen and oxygen atoms in total. The van der Waals surface area contributed by atoms with Crippen LogP contribution >= 0.6 is 0 Å². The number of nitrogens with two attached hydrogens (primary N) is 1. The van der Waals surface area contributed by atoms with Gasteiger partial charge in [-0.1, -0.05) is 19.1 Å². The molecular formula is C17H20N8O3. The monoisotopic (exact) mass is 384 g/mol. The van der Waals surface area contributed by atoms with E-state index in [-0.39, 0.29) is 23.2 Å². The first-order chi connectivity index (χ1) is 13.4. The molecule has 0 atom stereocenters. The van der Waals surface area contributed by atoms with Crippen molar-refractivity contribution in [3.8, 4) is 11.6 Å². The zero-order chi connectivity index (χ0) is 20.3. The summed E-state index contributed by atoms with van der Waals surface area (Å²) >= 11 is 0. The van der Waals surface area contributed by atoms with Crippen LogP contribution in [0, 0.1) is 0 Å². The molecule has 3 aromatic rings. The van der Waals surface area contributed by atoms with Crippen LogP contribution in [0.2, 0.25) is 0 Å². The van der Waals surface area contributed by atoms with Crippen LogP contribution in [0.5, 0.6) is 5.75 Å². The average Bonchev–Trinajstić information content (AvgIpc) is 3.31. The SMILES string of the molecule is COc1ccc(C(C)=NNC(=O)c2nnn(-c3nonc3N)c2C(C)C)cc1. The van der Waals surface area contributed by atoms with Gasteiger partial charge in [-0.3, -0.25) is 4.79 Å². The third kappa shape index (κ3) is 3.68. The summed E-state index contributed by atoms with van der Waals surface area (Å²) in [7, 11) is 1.60. The highest BCUT2D eigenvalue weighted by atomic mass is 16.6. The summed E-state index contributed by atoms with van der Waals surface area (Å²) in [5.41, 5.74) is 10.3. The minimum Gasteiger partial charge on any atom is -0.497 e. The average molecular weight is 384 g/mol. The minimum atomic E-state index is -0.502. The van der Waals surface area contributed by atoms with Crippen LogP contribution in [0.1, 0.15) is 48.4 Å². The number of carbonyl (C=O) groups is 1. The maximum atomic E-state index is 12.6. The molecular weight excluding hydrogens is 364 g/mol. The van der Waals surface area contributed by atoms with E-state index in [9.17, 15) is 4.79 Å². The molecule has 146 valence electrons. The van der Waals surface area contributed by atoms with Gasteiger partial charge in [0.25, 0.3) is 5.91 Å². The molecule has 11 heteroatoms. The van der Waals surface area contributed by atoms with Gasteiger partial charge in [-0.2, -0.15) is 9.78 Å². The second-order valence-corrected chi connectivity index (χ2v) is 6.23. The molecule has 0 fully saturated rings. The molecule has 0 aliphatic heterocycles. The Labute approximate surface area is 160 Å². The van der Waals surface area contributed by atoms with Crippen LogP contribution in [0.15, 0.2) is 34.0 Å². The maximum Gasteiger partial charge on any atom is 0.293 e. The number of nitrogens with zero attached hydrogens (tertiary/aromatic N) is 6. The molecule has 0 saturated heterocycles. The van der Waals surface area contributed by atoms with Crippen molar-refractivity contribution in [2.75, 3.05) is 12.8 Å². The fourth-order valence-corrected chi connectivity index (χ4v) is 2.55. The Morgan fingerprint density at radius 2 is 2.00 bits per heavy atom. The molecule has 0 radical (unpaired) electrons. The molecule has 0 saturated carbocycles. The van der Waals surface area contributed by atoms with Crippen molar-refractivity contribution in [3.63, 3.8) is 0 Å². The van der Waals surface area contributed by atoms with E-state index in [0.717, 1.165) is 11.3 Å². The number of methoxy groups -OCH3 is 1. The summed E-state index contributed by atoms with van der Waals surface area (Å²) in [6.45, 7) is 5.56. The van der Waals surface area contributed by atoms with Gasteiger partial charge in [0.1, 0.15) is 5.75 Å². The number of hydrogen-bond acceptors (Lipinski definition) is 9. The number of hydrogen-bond donors (Lipinski definition) is 2. The molecule has 3 rings (SSSR count). The standard InChI is InChI=1S/C17H20N8O3/c1-9(2)14-13(20-24-25(14)16-15(18)22-28-23-16)17(26)21-19-10(3)11-5-7-12(27-4)8-6-11/h5-9H,1-4H3,(H2,18,22)(H,21,26). The predicted molar refractivity (Wildman–Crippen MR) is 100 cm³/mol. The van der Waals surface area contributed by atoms with Gasteiger partial charge in [0.2, 0.25) is 11.6 Å². The lowest BCUT2D eigenvalue weighted by molar-refractivity contribution is 0.0948. The molecule has 28 heavy (non-hydrogen) atoms. The first kappa shape index (κ1) is 19.0. The van der Waals surface area contributed by atoms with E-state index in [1.54, 1.807) is 14.0 Å². The van der Waals surface area contributed by atoms with Crippen LogP contribution in [0.4, 0.5) is 5.82 Å². The van der Waals surface area contributed by atoms with Crippen LogP contribution in [0.3, 0.4) is 0 Å². The van der Waals surface area contributed by atoms with Crippen molar-refractivity contribution in [2.24, 2.45) is 5.10 Å². The smallest absolute Gasteiger partial charge is 0.293 e. The summed E-state index contributed by atoms with van der Waals surface area (Å²) < 4.78 is 11.1. The summed E-state index contributed by atoms with van der Waals surface area (Å²) in [5, 5.41) is 19.3. The van der Waals surface area contributed by atoms with Gasteiger partial charge in [-0.15, -0.1) is 5.10 Å². The number of rotatable bonds is 6. The van der Waals surface area contributed by atoms with Crippen molar-refractivity contribution >= 4 is 17.4 Å². The summed E-state index contributed by atoms with van der Waals surface area (Å²) in [6.07, 6.45) is 0. The quantitative estimate of drug-likeness (QED) is 0.480. The first-order valence-electron chi connectivity index (χ1n) is 8.45.